The molecule has 2 N–H and O–H groups in total. The fraction of sp³-hybridized carbons (Fsp3) is 0.429. The maximum Gasteiger partial charge on any atom is 0.341 e. The highest BCUT2D eigenvalue weighted by molar-refractivity contribution is 5.89. The van der Waals surface area contributed by atoms with E-state index >= 15 is 0 Å². The number of carboxylic acids is 1. The Morgan fingerprint density at radius 3 is 2.50 bits per heavy atom. The first-order valence-corrected chi connectivity index (χ1v) is 6.55. The van der Waals surface area contributed by atoms with Gasteiger partial charge in [0.15, 0.2) is 6.61 Å². The fourth-order valence-corrected chi connectivity index (χ4v) is 1.93. The largest absolute Gasteiger partial charge is 0.482 e. The van der Waals surface area contributed by atoms with Crippen LogP contribution in [-0.2, 0) is 4.79 Å². The number of carbonyl (C=O) groups is 2. The molecule has 0 aliphatic heterocycles. The normalized spacial score (nSPS) is 14.2. The lowest BCUT2D eigenvalue weighted by atomic mass is 9.92. The van der Waals surface area contributed by atoms with Gasteiger partial charge in [-0.25, -0.2) is 9.59 Å². The van der Waals surface area contributed by atoms with E-state index in [1.165, 1.54) is 6.42 Å². The molecule has 1 aromatic rings. The molecule has 0 radical (unpaired) electrons. The molecule has 0 unspecified atom stereocenters. The highest BCUT2D eigenvalue weighted by Gasteiger charge is 2.25. The zero-order chi connectivity index (χ0) is 14.5. The van der Waals surface area contributed by atoms with Crippen LogP contribution in [0.4, 0.5) is 10.5 Å². The molecular formula is C14H18N2O4. The van der Waals surface area contributed by atoms with Crippen molar-refractivity contribution in [3.05, 3.63) is 24.3 Å². The van der Waals surface area contributed by atoms with Gasteiger partial charge in [0, 0.05) is 18.8 Å². The van der Waals surface area contributed by atoms with Crippen LogP contribution in [0.5, 0.6) is 5.75 Å². The molecule has 0 bridgehead atoms. The summed E-state index contributed by atoms with van der Waals surface area (Å²) in [5, 5.41) is 11.3. The van der Waals surface area contributed by atoms with Crippen molar-refractivity contribution < 1.29 is 19.4 Å². The summed E-state index contributed by atoms with van der Waals surface area (Å²) < 4.78 is 5.02. The topological polar surface area (TPSA) is 78.9 Å². The molecule has 108 valence electrons. The third kappa shape index (κ3) is 3.63. The van der Waals surface area contributed by atoms with Gasteiger partial charge >= 0.3 is 12.0 Å². The SMILES string of the molecule is CN(C(=O)Nc1ccc(OCC(=O)O)cc1)C1CCC1. The summed E-state index contributed by atoms with van der Waals surface area (Å²) in [5.74, 6) is -0.567. The number of benzene rings is 1. The Labute approximate surface area is 117 Å². The molecule has 2 amide bonds. The van der Waals surface area contributed by atoms with Crippen molar-refractivity contribution >= 4 is 17.7 Å². The van der Waals surface area contributed by atoms with Crippen molar-refractivity contribution in [3.8, 4) is 5.75 Å². The molecule has 6 nitrogen and oxygen atoms in total. The molecule has 0 spiro atoms. The highest BCUT2D eigenvalue weighted by Crippen LogP contribution is 2.24. The van der Waals surface area contributed by atoms with E-state index in [1.807, 2.05) is 0 Å². The van der Waals surface area contributed by atoms with Gasteiger partial charge in [0.05, 0.1) is 0 Å². The Bertz CT molecular complexity index is 482. The van der Waals surface area contributed by atoms with Crippen LogP contribution in [0.2, 0.25) is 0 Å². The van der Waals surface area contributed by atoms with Crippen LogP contribution < -0.4 is 10.1 Å². The first-order chi connectivity index (χ1) is 9.56. The molecular weight excluding hydrogens is 260 g/mol. The molecule has 1 saturated carbocycles. The molecule has 0 saturated heterocycles. The fourth-order valence-electron chi connectivity index (χ4n) is 1.93. The molecule has 0 heterocycles. The summed E-state index contributed by atoms with van der Waals surface area (Å²) in [4.78, 5) is 24.0. The number of carbonyl (C=O) groups excluding carboxylic acids is 1. The molecule has 1 aromatic carbocycles. The van der Waals surface area contributed by atoms with Crippen LogP contribution in [0.15, 0.2) is 24.3 Å². The Balaban J connectivity index is 1.86. The Kier molecular flexibility index (Phi) is 4.45. The van der Waals surface area contributed by atoms with Gasteiger partial charge in [-0.15, -0.1) is 0 Å². The zero-order valence-electron chi connectivity index (χ0n) is 11.3. The molecule has 0 aromatic heterocycles. The van der Waals surface area contributed by atoms with Crippen LogP contribution in [0.1, 0.15) is 19.3 Å². The molecule has 1 fully saturated rings. The van der Waals surface area contributed by atoms with Crippen molar-refractivity contribution in [2.24, 2.45) is 0 Å². The number of nitrogens with zero attached hydrogens (tertiary/aromatic N) is 1. The number of aliphatic carboxylic acids is 1. The number of anilines is 1. The minimum absolute atomic E-state index is 0.131. The molecule has 6 heteroatoms. The zero-order valence-corrected chi connectivity index (χ0v) is 11.3. The van der Waals surface area contributed by atoms with Gasteiger partial charge in [-0.1, -0.05) is 0 Å². The quantitative estimate of drug-likeness (QED) is 0.865. The number of amides is 2. The second-order valence-corrected chi connectivity index (χ2v) is 4.83. The second-order valence-electron chi connectivity index (χ2n) is 4.83. The number of nitrogens with one attached hydrogen (secondary N) is 1. The number of ether oxygens (including phenoxy) is 1. The van der Waals surface area contributed by atoms with Crippen LogP contribution in [0, 0.1) is 0 Å². The third-order valence-electron chi connectivity index (χ3n) is 3.41. The van der Waals surface area contributed by atoms with Crippen molar-refractivity contribution in [1.29, 1.82) is 0 Å². The first kappa shape index (κ1) is 14.2. The molecule has 1 aliphatic rings. The van der Waals surface area contributed by atoms with E-state index in [-0.39, 0.29) is 12.6 Å². The van der Waals surface area contributed by atoms with Crippen molar-refractivity contribution in [3.63, 3.8) is 0 Å². The van der Waals surface area contributed by atoms with E-state index in [2.05, 4.69) is 5.32 Å². The second kappa shape index (κ2) is 6.27. The standard InChI is InChI=1S/C14H18N2O4/c1-16(11-3-2-4-11)14(19)15-10-5-7-12(8-6-10)20-9-13(17)18/h5-8,11H,2-4,9H2,1H3,(H,15,19)(H,17,18). The van der Waals surface area contributed by atoms with E-state index in [0.29, 0.717) is 17.5 Å². The summed E-state index contributed by atoms with van der Waals surface area (Å²) in [5.41, 5.74) is 0.656. The minimum Gasteiger partial charge on any atom is -0.482 e. The van der Waals surface area contributed by atoms with Crippen molar-refractivity contribution in [1.82, 2.24) is 4.90 Å². The third-order valence-corrected chi connectivity index (χ3v) is 3.41. The average Bonchev–Trinajstić information content (AvgIpc) is 2.35. The predicted molar refractivity (Wildman–Crippen MR) is 74.0 cm³/mol. The molecule has 20 heavy (non-hydrogen) atoms. The van der Waals surface area contributed by atoms with Gasteiger partial charge in [0.25, 0.3) is 0 Å². The molecule has 1 aliphatic carbocycles. The van der Waals surface area contributed by atoms with Gasteiger partial charge in [-0.05, 0) is 43.5 Å². The number of rotatable bonds is 5. The monoisotopic (exact) mass is 278 g/mol. The lowest BCUT2D eigenvalue weighted by molar-refractivity contribution is -0.139. The van der Waals surface area contributed by atoms with Crippen LogP contribution in [0.3, 0.4) is 0 Å². The van der Waals surface area contributed by atoms with E-state index < -0.39 is 5.97 Å². The van der Waals surface area contributed by atoms with Crippen LogP contribution in [-0.4, -0.2) is 41.7 Å². The van der Waals surface area contributed by atoms with Crippen molar-refractivity contribution in [2.45, 2.75) is 25.3 Å². The van der Waals surface area contributed by atoms with Crippen LogP contribution in [0.25, 0.3) is 0 Å². The van der Waals surface area contributed by atoms with E-state index in [1.54, 1.807) is 36.2 Å². The highest BCUT2D eigenvalue weighted by atomic mass is 16.5. The van der Waals surface area contributed by atoms with E-state index in [4.69, 9.17) is 9.84 Å². The lowest BCUT2D eigenvalue weighted by Gasteiger charge is -2.34. The summed E-state index contributed by atoms with van der Waals surface area (Å²) in [6.45, 7) is -0.379. The average molecular weight is 278 g/mol. The summed E-state index contributed by atoms with van der Waals surface area (Å²) >= 11 is 0. The predicted octanol–water partition coefficient (Wildman–Crippen LogP) is 2.17. The summed E-state index contributed by atoms with van der Waals surface area (Å²) in [7, 11) is 1.80. The van der Waals surface area contributed by atoms with Gasteiger partial charge in [-0.3, -0.25) is 0 Å². The summed E-state index contributed by atoms with van der Waals surface area (Å²) in [6, 6.07) is 6.83. The Morgan fingerprint density at radius 2 is 2.00 bits per heavy atom. The van der Waals surface area contributed by atoms with E-state index in [9.17, 15) is 9.59 Å². The van der Waals surface area contributed by atoms with Gasteiger partial charge < -0.3 is 20.1 Å². The van der Waals surface area contributed by atoms with E-state index in [0.717, 1.165) is 12.8 Å². The van der Waals surface area contributed by atoms with Gasteiger partial charge in [0.1, 0.15) is 5.75 Å². The lowest BCUT2D eigenvalue weighted by Crippen LogP contribution is -2.43. The molecule has 2 rings (SSSR count). The number of hydrogen-bond acceptors (Lipinski definition) is 3. The van der Waals surface area contributed by atoms with Gasteiger partial charge in [-0.2, -0.15) is 0 Å². The molecule has 0 atom stereocenters. The summed E-state index contributed by atoms with van der Waals surface area (Å²) in [6.07, 6.45) is 3.30. The maximum absolute atomic E-state index is 12.0. The first-order valence-electron chi connectivity index (χ1n) is 6.55. The van der Waals surface area contributed by atoms with Crippen LogP contribution >= 0.6 is 0 Å². The number of carboxylic acid groups (broad SMARTS) is 1. The Morgan fingerprint density at radius 1 is 1.35 bits per heavy atom. The Hall–Kier alpha value is -2.24. The number of hydrogen-bond donors (Lipinski definition) is 2. The van der Waals surface area contributed by atoms with Crippen molar-refractivity contribution in [2.75, 3.05) is 19.0 Å². The smallest absolute Gasteiger partial charge is 0.341 e. The minimum atomic E-state index is -1.02. The van der Waals surface area contributed by atoms with Gasteiger partial charge in [0.2, 0.25) is 0 Å². The number of urea groups is 1. The maximum atomic E-state index is 12.0.